The molecule has 1 saturated carbocycles. The van der Waals surface area contributed by atoms with Gasteiger partial charge in [0.2, 0.25) is 0 Å². The molecule has 0 radical (unpaired) electrons. The van der Waals surface area contributed by atoms with E-state index in [2.05, 4.69) is 29.0 Å². The van der Waals surface area contributed by atoms with Crippen molar-refractivity contribution in [3.8, 4) is 0 Å². The monoisotopic (exact) mass is 311 g/mol. The molecule has 2 rings (SSSR count). The van der Waals surface area contributed by atoms with Gasteiger partial charge in [0.1, 0.15) is 0 Å². The Morgan fingerprint density at radius 1 is 1.09 bits per heavy atom. The van der Waals surface area contributed by atoms with Crippen LogP contribution in [0.15, 0.2) is 0 Å². The predicted molar refractivity (Wildman–Crippen MR) is 89.1 cm³/mol. The number of carbonyl (C=O) groups excluding carboxylic acids is 1. The molecule has 2 aliphatic rings. The van der Waals surface area contributed by atoms with E-state index in [1.165, 1.54) is 25.9 Å². The van der Waals surface area contributed by atoms with E-state index in [9.17, 15) is 4.79 Å². The molecule has 2 fully saturated rings. The molecule has 0 spiro atoms. The molecule has 1 amide bonds. The average Bonchev–Trinajstić information content (AvgIpc) is 2.46. The van der Waals surface area contributed by atoms with Crippen LogP contribution in [0.1, 0.15) is 53.4 Å². The minimum Gasteiger partial charge on any atom is -0.447 e. The van der Waals surface area contributed by atoms with Gasteiger partial charge in [0.25, 0.3) is 0 Å². The number of ether oxygens (including phenoxy) is 1. The standard InChI is InChI=1S/C17H33N3O2/c1-13(2)19-8-10-20(11-9-19)16-7-5-6-15(12-16)18-17(21)22-14(3)4/h13-16H,5-12H2,1-4H3,(H,18,21). The second-order valence-corrected chi connectivity index (χ2v) is 7.28. The highest BCUT2D eigenvalue weighted by Crippen LogP contribution is 2.24. The van der Waals surface area contributed by atoms with E-state index in [4.69, 9.17) is 4.74 Å². The number of nitrogens with zero attached hydrogens (tertiary/aromatic N) is 2. The van der Waals surface area contributed by atoms with Gasteiger partial charge in [0.05, 0.1) is 6.10 Å². The van der Waals surface area contributed by atoms with Crippen LogP contribution in [0.5, 0.6) is 0 Å². The summed E-state index contributed by atoms with van der Waals surface area (Å²) < 4.78 is 5.20. The van der Waals surface area contributed by atoms with Crippen LogP contribution in [0.4, 0.5) is 4.79 Å². The SMILES string of the molecule is CC(C)OC(=O)NC1CCCC(N2CCN(C(C)C)CC2)C1. The van der Waals surface area contributed by atoms with Gasteiger partial charge >= 0.3 is 6.09 Å². The van der Waals surface area contributed by atoms with Crippen LogP contribution in [-0.2, 0) is 4.74 Å². The van der Waals surface area contributed by atoms with E-state index in [1.54, 1.807) is 0 Å². The van der Waals surface area contributed by atoms with Gasteiger partial charge in [0.15, 0.2) is 0 Å². The Hall–Kier alpha value is -0.810. The summed E-state index contributed by atoms with van der Waals surface area (Å²) >= 11 is 0. The Morgan fingerprint density at radius 2 is 1.77 bits per heavy atom. The van der Waals surface area contributed by atoms with Crippen LogP contribution in [0.2, 0.25) is 0 Å². The van der Waals surface area contributed by atoms with Gasteiger partial charge in [-0.2, -0.15) is 0 Å². The third-order valence-electron chi connectivity index (χ3n) is 4.91. The van der Waals surface area contributed by atoms with Crippen molar-refractivity contribution in [2.24, 2.45) is 0 Å². The summed E-state index contributed by atoms with van der Waals surface area (Å²) in [5.74, 6) is 0. The fourth-order valence-corrected chi connectivity index (χ4v) is 3.66. The molecule has 22 heavy (non-hydrogen) atoms. The van der Waals surface area contributed by atoms with Crippen LogP contribution >= 0.6 is 0 Å². The number of hydrogen-bond donors (Lipinski definition) is 1. The van der Waals surface area contributed by atoms with Gasteiger partial charge in [-0.25, -0.2) is 4.79 Å². The summed E-state index contributed by atoms with van der Waals surface area (Å²) in [6.45, 7) is 13.0. The summed E-state index contributed by atoms with van der Waals surface area (Å²) in [7, 11) is 0. The Kier molecular flexibility index (Phi) is 6.50. The van der Waals surface area contributed by atoms with E-state index in [0.29, 0.717) is 12.1 Å². The zero-order valence-electron chi connectivity index (χ0n) is 14.7. The maximum Gasteiger partial charge on any atom is 0.407 e. The van der Waals surface area contributed by atoms with Crippen LogP contribution in [0, 0.1) is 0 Å². The van der Waals surface area contributed by atoms with Gasteiger partial charge in [0, 0.05) is 44.3 Å². The normalized spacial score (nSPS) is 28.1. The summed E-state index contributed by atoms with van der Waals surface area (Å²) in [6, 6.07) is 1.54. The average molecular weight is 311 g/mol. The minimum absolute atomic E-state index is 0.0523. The summed E-state index contributed by atoms with van der Waals surface area (Å²) in [4.78, 5) is 16.9. The molecule has 0 aromatic carbocycles. The molecule has 2 atom stereocenters. The zero-order chi connectivity index (χ0) is 16.1. The van der Waals surface area contributed by atoms with Crippen LogP contribution < -0.4 is 5.32 Å². The number of alkyl carbamates (subject to hydrolysis) is 1. The van der Waals surface area contributed by atoms with E-state index in [0.717, 1.165) is 25.9 Å². The van der Waals surface area contributed by atoms with Crippen molar-refractivity contribution >= 4 is 6.09 Å². The van der Waals surface area contributed by atoms with Gasteiger partial charge in [-0.15, -0.1) is 0 Å². The molecule has 0 aromatic rings. The molecule has 1 saturated heterocycles. The van der Waals surface area contributed by atoms with Crippen molar-refractivity contribution in [1.29, 1.82) is 0 Å². The van der Waals surface area contributed by atoms with Crippen molar-refractivity contribution in [3.63, 3.8) is 0 Å². The molecule has 0 aromatic heterocycles. The Morgan fingerprint density at radius 3 is 2.36 bits per heavy atom. The quantitative estimate of drug-likeness (QED) is 0.866. The molecule has 0 bridgehead atoms. The van der Waals surface area contributed by atoms with E-state index >= 15 is 0 Å². The molecule has 2 unspecified atom stereocenters. The number of amides is 1. The molecular weight excluding hydrogens is 278 g/mol. The fraction of sp³-hybridized carbons (Fsp3) is 0.941. The number of piperazine rings is 1. The summed E-state index contributed by atoms with van der Waals surface area (Å²) in [5, 5.41) is 3.05. The van der Waals surface area contributed by atoms with Crippen molar-refractivity contribution < 1.29 is 9.53 Å². The highest BCUT2D eigenvalue weighted by atomic mass is 16.6. The molecular formula is C17H33N3O2. The maximum absolute atomic E-state index is 11.8. The molecule has 1 aliphatic heterocycles. The van der Waals surface area contributed by atoms with Crippen molar-refractivity contribution in [2.75, 3.05) is 26.2 Å². The van der Waals surface area contributed by atoms with Gasteiger partial charge in [-0.3, -0.25) is 9.80 Å². The molecule has 1 heterocycles. The first-order valence-electron chi connectivity index (χ1n) is 8.91. The van der Waals surface area contributed by atoms with E-state index < -0.39 is 0 Å². The number of nitrogens with one attached hydrogen (secondary N) is 1. The first kappa shape index (κ1) is 17.5. The molecule has 1 N–H and O–H groups in total. The Bertz CT molecular complexity index is 352. The van der Waals surface area contributed by atoms with Gasteiger partial charge in [-0.05, 0) is 53.4 Å². The zero-order valence-corrected chi connectivity index (χ0v) is 14.7. The first-order chi connectivity index (χ1) is 10.5. The van der Waals surface area contributed by atoms with Crippen LogP contribution in [0.25, 0.3) is 0 Å². The van der Waals surface area contributed by atoms with Crippen LogP contribution in [-0.4, -0.2) is 66.3 Å². The lowest BCUT2D eigenvalue weighted by Gasteiger charge is -2.43. The lowest BCUT2D eigenvalue weighted by Crippen LogP contribution is -2.54. The number of hydrogen-bond acceptors (Lipinski definition) is 4. The maximum atomic E-state index is 11.8. The summed E-state index contributed by atoms with van der Waals surface area (Å²) in [6.07, 6.45) is 4.29. The second-order valence-electron chi connectivity index (χ2n) is 7.28. The van der Waals surface area contributed by atoms with E-state index in [-0.39, 0.29) is 18.2 Å². The number of carbonyl (C=O) groups is 1. The Labute approximate surface area is 135 Å². The van der Waals surface area contributed by atoms with Crippen molar-refractivity contribution in [3.05, 3.63) is 0 Å². The minimum atomic E-state index is -0.259. The highest BCUT2D eigenvalue weighted by Gasteiger charge is 2.30. The molecule has 1 aliphatic carbocycles. The molecule has 5 heteroatoms. The van der Waals surface area contributed by atoms with Crippen LogP contribution in [0.3, 0.4) is 0 Å². The number of rotatable bonds is 4. The first-order valence-corrected chi connectivity index (χ1v) is 8.91. The summed E-state index contributed by atoms with van der Waals surface area (Å²) in [5.41, 5.74) is 0. The highest BCUT2D eigenvalue weighted by molar-refractivity contribution is 5.67. The Balaban J connectivity index is 1.77. The third-order valence-corrected chi connectivity index (χ3v) is 4.91. The predicted octanol–water partition coefficient (Wildman–Crippen LogP) is 2.46. The molecule has 5 nitrogen and oxygen atoms in total. The lowest BCUT2D eigenvalue weighted by atomic mass is 9.89. The van der Waals surface area contributed by atoms with Gasteiger partial charge in [-0.1, -0.05) is 0 Å². The third kappa shape index (κ3) is 5.13. The van der Waals surface area contributed by atoms with Crippen molar-refractivity contribution in [2.45, 2.75) is 77.6 Å². The fourth-order valence-electron chi connectivity index (χ4n) is 3.66. The largest absolute Gasteiger partial charge is 0.447 e. The smallest absolute Gasteiger partial charge is 0.407 e. The topological polar surface area (TPSA) is 44.8 Å². The molecule has 128 valence electrons. The van der Waals surface area contributed by atoms with Gasteiger partial charge < -0.3 is 10.1 Å². The van der Waals surface area contributed by atoms with E-state index in [1.807, 2.05) is 13.8 Å². The van der Waals surface area contributed by atoms with Crippen molar-refractivity contribution in [1.82, 2.24) is 15.1 Å². The second kappa shape index (κ2) is 8.16. The lowest BCUT2D eigenvalue weighted by molar-refractivity contribution is 0.0562.